The van der Waals surface area contributed by atoms with Gasteiger partial charge in [-0.15, -0.1) is 0 Å². The number of hydrogen-bond acceptors (Lipinski definition) is 7. The van der Waals surface area contributed by atoms with Crippen molar-refractivity contribution in [2.45, 2.75) is 78.4 Å². The molecular formula is C18H33NO8. The van der Waals surface area contributed by atoms with Gasteiger partial charge in [-0.25, -0.2) is 5.06 Å². The number of amides is 1. The summed E-state index contributed by atoms with van der Waals surface area (Å²) in [4.78, 5) is 48.1. The minimum atomic E-state index is -0.985. The van der Waals surface area contributed by atoms with Gasteiger partial charge in [0.1, 0.15) is 11.2 Å². The maximum absolute atomic E-state index is 11.2. The van der Waals surface area contributed by atoms with Crippen LogP contribution in [0.2, 0.25) is 0 Å². The molecule has 27 heavy (non-hydrogen) atoms. The zero-order chi connectivity index (χ0) is 21.8. The molecule has 0 atom stereocenters. The highest BCUT2D eigenvalue weighted by molar-refractivity contribution is 5.80. The van der Waals surface area contributed by atoms with E-state index in [4.69, 9.17) is 14.6 Å². The molecule has 1 N–H and O–H groups in total. The van der Waals surface area contributed by atoms with Crippen LogP contribution in [0.3, 0.4) is 0 Å². The highest BCUT2D eigenvalue weighted by Crippen LogP contribution is 2.10. The average molecular weight is 391 g/mol. The summed E-state index contributed by atoms with van der Waals surface area (Å²) in [6, 6.07) is 0. The van der Waals surface area contributed by atoms with Crippen LogP contribution in [-0.4, -0.2) is 59.3 Å². The Morgan fingerprint density at radius 1 is 0.778 bits per heavy atom. The average Bonchev–Trinajstić information content (AvgIpc) is 2.47. The van der Waals surface area contributed by atoms with Crippen LogP contribution in [-0.2, 0) is 33.5 Å². The second kappa shape index (κ2) is 12.3. The van der Waals surface area contributed by atoms with Gasteiger partial charge in [-0.1, -0.05) is 0 Å². The molecule has 0 rings (SSSR count). The van der Waals surface area contributed by atoms with Gasteiger partial charge in [0.2, 0.25) is 5.91 Å². The molecule has 158 valence electrons. The van der Waals surface area contributed by atoms with Crippen molar-refractivity contribution in [3.63, 3.8) is 0 Å². The molecule has 0 aliphatic heterocycles. The van der Waals surface area contributed by atoms with Crippen molar-refractivity contribution >= 4 is 23.8 Å². The Labute approximate surface area is 160 Å². The second-order valence-corrected chi connectivity index (χ2v) is 7.64. The van der Waals surface area contributed by atoms with E-state index in [2.05, 4.69) is 4.84 Å². The topological polar surface area (TPSA) is 119 Å². The minimum Gasteiger partial charge on any atom is -0.481 e. The lowest BCUT2D eigenvalue weighted by Crippen LogP contribution is -2.28. The molecule has 0 spiro atoms. The third-order valence-corrected chi connectivity index (χ3v) is 2.55. The molecule has 0 fully saturated rings. The summed E-state index contributed by atoms with van der Waals surface area (Å²) >= 11 is 0. The highest BCUT2D eigenvalue weighted by atomic mass is 16.7. The number of carboxylic acids is 1. The van der Waals surface area contributed by atoms with Crippen LogP contribution in [0.25, 0.3) is 0 Å². The molecule has 1 amide bonds. The molecular weight excluding hydrogens is 358 g/mol. The first-order chi connectivity index (χ1) is 12.1. The summed E-state index contributed by atoms with van der Waals surface area (Å²) in [5.41, 5.74) is -1.04. The number of aliphatic carboxylic acids is 1. The van der Waals surface area contributed by atoms with Crippen molar-refractivity contribution in [3.05, 3.63) is 0 Å². The van der Waals surface area contributed by atoms with Crippen molar-refractivity contribution in [2.75, 3.05) is 14.2 Å². The van der Waals surface area contributed by atoms with Crippen molar-refractivity contribution < 1.29 is 38.6 Å². The van der Waals surface area contributed by atoms with E-state index >= 15 is 0 Å². The number of carboxylic acid groups (broad SMARTS) is 1. The standard InChI is InChI=1S/C10H19NO4.C8H14O4/c1-10(2,3)15-9(13)7-6-8(12)11(4)14-5;1-8(2,3)12-7(11)5-4-6(9)10/h6-7H2,1-5H3;4-5H2,1-3H3,(H,9,10). The maximum Gasteiger partial charge on any atom is 0.306 e. The zero-order valence-corrected chi connectivity index (χ0v) is 17.6. The van der Waals surface area contributed by atoms with Crippen LogP contribution < -0.4 is 0 Å². The van der Waals surface area contributed by atoms with E-state index in [-0.39, 0.29) is 37.6 Å². The Bertz CT molecular complexity index is 502. The fraction of sp³-hybridized carbons (Fsp3) is 0.778. The van der Waals surface area contributed by atoms with Gasteiger partial charge < -0.3 is 14.6 Å². The van der Waals surface area contributed by atoms with E-state index in [0.717, 1.165) is 5.06 Å². The Balaban J connectivity index is 0. The van der Waals surface area contributed by atoms with Gasteiger partial charge in [-0.3, -0.25) is 24.0 Å². The Morgan fingerprint density at radius 3 is 1.44 bits per heavy atom. The van der Waals surface area contributed by atoms with Crippen LogP contribution in [0.5, 0.6) is 0 Å². The van der Waals surface area contributed by atoms with Gasteiger partial charge >= 0.3 is 17.9 Å². The highest BCUT2D eigenvalue weighted by Gasteiger charge is 2.18. The summed E-state index contributed by atoms with van der Waals surface area (Å²) in [5.74, 6) is -2.07. The smallest absolute Gasteiger partial charge is 0.306 e. The fourth-order valence-electron chi connectivity index (χ4n) is 1.46. The lowest BCUT2D eigenvalue weighted by atomic mass is 10.2. The summed E-state index contributed by atoms with van der Waals surface area (Å²) in [7, 11) is 2.89. The van der Waals surface area contributed by atoms with Crippen LogP contribution in [0.4, 0.5) is 0 Å². The Hall–Kier alpha value is -2.16. The van der Waals surface area contributed by atoms with E-state index in [1.807, 2.05) is 0 Å². The molecule has 0 saturated carbocycles. The Morgan fingerprint density at radius 2 is 1.15 bits per heavy atom. The molecule has 0 aliphatic carbocycles. The number of hydrogen-bond donors (Lipinski definition) is 1. The first-order valence-corrected chi connectivity index (χ1v) is 8.53. The number of nitrogens with zero attached hydrogens (tertiary/aromatic N) is 1. The number of carbonyl (C=O) groups is 4. The summed E-state index contributed by atoms with van der Waals surface area (Å²) < 4.78 is 9.94. The quantitative estimate of drug-likeness (QED) is 0.519. The predicted octanol–water partition coefficient (Wildman–Crippen LogP) is 2.32. The molecule has 9 heteroatoms. The van der Waals surface area contributed by atoms with Crippen molar-refractivity contribution in [3.8, 4) is 0 Å². The fourth-order valence-corrected chi connectivity index (χ4v) is 1.46. The van der Waals surface area contributed by atoms with Gasteiger partial charge in [0.25, 0.3) is 0 Å². The van der Waals surface area contributed by atoms with Crippen molar-refractivity contribution in [1.29, 1.82) is 0 Å². The molecule has 0 bridgehead atoms. The van der Waals surface area contributed by atoms with Crippen LogP contribution in [0.1, 0.15) is 67.2 Å². The van der Waals surface area contributed by atoms with Gasteiger partial charge in [0, 0.05) is 13.5 Å². The molecule has 0 aliphatic rings. The van der Waals surface area contributed by atoms with Gasteiger partial charge in [0.05, 0.1) is 26.4 Å². The predicted molar refractivity (Wildman–Crippen MR) is 97.6 cm³/mol. The van der Waals surface area contributed by atoms with Crippen LogP contribution in [0, 0.1) is 0 Å². The van der Waals surface area contributed by atoms with E-state index < -0.39 is 23.1 Å². The van der Waals surface area contributed by atoms with E-state index in [9.17, 15) is 19.2 Å². The van der Waals surface area contributed by atoms with Crippen molar-refractivity contribution in [2.24, 2.45) is 0 Å². The van der Waals surface area contributed by atoms with Crippen LogP contribution >= 0.6 is 0 Å². The molecule has 0 aromatic rings. The lowest BCUT2D eigenvalue weighted by molar-refractivity contribution is -0.171. The molecule has 0 aromatic heterocycles. The van der Waals surface area contributed by atoms with Gasteiger partial charge in [-0.05, 0) is 41.5 Å². The molecule has 0 saturated heterocycles. The number of ether oxygens (including phenoxy) is 2. The SMILES string of the molecule is CC(C)(C)OC(=O)CCC(=O)O.CON(C)C(=O)CCC(=O)OC(C)(C)C. The molecule has 9 nitrogen and oxygen atoms in total. The Kier molecular flexibility index (Phi) is 12.3. The van der Waals surface area contributed by atoms with Gasteiger partial charge in [0.15, 0.2) is 0 Å². The van der Waals surface area contributed by atoms with Crippen LogP contribution in [0.15, 0.2) is 0 Å². The first kappa shape index (κ1) is 27.1. The summed E-state index contributed by atoms with van der Waals surface area (Å²) in [5, 5.41) is 9.34. The number of hydroxylamine groups is 2. The zero-order valence-electron chi connectivity index (χ0n) is 17.6. The minimum absolute atomic E-state index is 0.0629. The number of carbonyl (C=O) groups excluding carboxylic acids is 3. The third-order valence-electron chi connectivity index (χ3n) is 2.55. The maximum atomic E-state index is 11.2. The van der Waals surface area contributed by atoms with E-state index in [1.54, 1.807) is 41.5 Å². The van der Waals surface area contributed by atoms with E-state index in [0.29, 0.717) is 0 Å². The normalized spacial score (nSPS) is 11.0. The molecule has 0 heterocycles. The monoisotopic (exact) mass is 391 g/mol. The lowest BCUT2D eigenvalue weighted by Gasteiger charge is -2.19. The van der Waals surface area contributed by atoms with Gasteiger partial charge in [-0.2, -0.15) is 0 Å². The molecule has 0 aromatic carbocycles. The molecule has 0 radical (unpaired) electrons. The summed E-state index contributed by atoms with van der Waals surface area (Å²) in [6.07, 6.45) is -0.0649. The number of rotatable bonds is 7. The number of esters is 2. The summed E-state index contributed by atoms with van der Waals surface area (Å²) in [6.45, 7) is 10.6. The van der Waals surface area contributed by atoms with E-state index in [1.165, 1.54) is 14.2 Å². The second-order valence-electron chi connectivity index (χ2n) is 7.64. The van der Waals surface area contributed by atoms with Crippen molar-refractivity contribution in [1.82, 2.24) is 5.06 Å². The third kappa shape index (κ3) is 20.0. The first-order valence-electron chi connectivity index (χ1n) is 8.53. The molecule has 0 unspecified atom stereocenters. The largest absolute Gasteiger partial charge is 0.481 e.